The minimum absolute atomic E-state index is 0.0268. The second kappa shape index (κ2) is 9.98. The van der Waals surface area contributed by atoms with E-state index in [1.54, 1.807) is 19.1 Å². The minimum Gasteiger partial charge on any atom is -0.502 e. The molecule has 0 saturated heterocycles. The first kappa shape index (κ1) is 24.8. The zero-order valence-electron chi connectivity index (χ0n) is 17.7. The standard InChI is InChI=1S/C23H18F3N3O4S/c1-14-7-8-16(10-19(14)29(32)33)21(31)20(28-9-3-4-15(12-28)13-30)22(34)27-18-6-2-5-17(11-18)23(24,25)26/h2-12,30H,13H2,1H3,(H-,27,31,34)/p+1. The maximum atomic E-state index is 13.1. The first-order valence-electron chi connectivity index (χ1n) is 9.80. The molecule has 7 nitrogen and oxygen atoms in total. The number of benzene rings is 2. The van der Waals surface area contributed by atoms with E-state index in [2.05, 4.69) is 5.32 Å². The zero-order valence-corrected chi connectivity index (χ0v) is 18.5. The zero-order chi connectivity index (χ0) is 25.0. The summed E-state index contributed by atoms with van der Waals surface area (Å²) in [5.41, 5.74) is -0.233. The maximum Gasteiger partial charge on any atom is 0.416 e. The number of hydrogen-bond acceptors (Lipinski definition) is 5. The van der Waals surface area contributed by atoms with Gasteiger partial charge in [-0.25, -0.2) is 0 Å². The Kier molecular flexibility index (Phi) is 7.28. The summed E-state index contributed by atoms with van der Waals surface area (Å²) in [5.74, 6) is -0.451. The Morgan fingerprint density at radius 3 is 2.56 bits per heavy atom. The summed E-state index contributed by atoms with van der Waals surface area (Å²) in [6.07, 6.45) is -1.59. The lowest BCUT2D eigenvalue weighted by molar-refractivity contribution is -0.576. The van der Waals surface area contributed by atoms with Gasteiger partial charge in [-0.05, 0) is 31.2 Å². The van der Waals surface area contributed by atoms with Crippen LogP contribution < -0.4 is 9.88 Å². The highest BCUT2D eigenvalue weighted by Gasteiger charge is 2.31. The van der Waals surface area contributed by atoms with Gasteiger partial charge in [0, 0.05) is 34.5 Å². The van der Waals surface area contributed by atoms with Crippen molar-refractivity contribution in [3.8, 4) is 0 Å². The van der Waals surface area contributed by atoms with Crippen molar-refractivity contribution >= 4 is 40.0 Å². The Hall–Kier alpha value is -3.83. The van der Waals surface area contributed by atoms with E-state index >= 15 is 0 Å². The van der Waals surface area contributed by atoms with E-state index in [9.17, 15) is 33.5 Å². The van der Waals surface area contributed by atoms with Crippen molar-refractivity contribution < 1.29 is 32.9 Å². The van der Waals surface area contributed by atoms with Crippen LogP contribution >= 0.6 is 12.2 Å². The summed E-state index contributed by atoms with van der Waals surface area (Å²) >= 11 is 5.41. The number of halogens is 3. The average Bonchev–Trinajstić information content (AvgIpc) is 2.79. The first-order valence-corrected chi connectivity index (χ1v) is 10.2. The van der Waals surface area contributed by atoms with Gasteiger partial charge >= 0.3 is 6.18 Å². The number of thiocarbonyl (C=S) groups is 1. The van der Waals surface area contributed by atoms with Gasteiger partial charge in [-0.3, -0.25) is 10.1 Å². The van der Waals surface area contributed by atoms with Gasteiger partial charge in [-0.15, -0.1) is 0 Å². The predicted octanol–water partition coefficient (Wildman–Crippen LogP) is 5.03. The molecule has 176 valence electrons. The molecule has 0 unspecified atom stereocenters. The lowest BCUT2D eigenvalue weighted by Crippen LogP contribution is -2.39. The molecule has 0 aliphatic rings. The molecule has 2 aromatic carbocycles. The molecule has 0 saturated carbocycles. The van der Waals surface area contributed by atoms with E-state index in [0.717, 1.165) is 12.1 Å². The molecule has 11 heteroatoms. The summed E-state index contributed by atoms with van der Waals surface area (Å²) in [4.78, 5) is 10.6. The Bertz CT molecular complexity index is 1290. The molecule has 1 heterocycles. The molecule has 0 aliphatic heterocycles. The van der Waals surface area contributed by atoms with Crippen LogP contribution in [-0.4, -0.2) is 20.1 Å². The van der Waals surface area contributed by atoms with Gasteiger partial charge in [0.1, 0.15) is 0 Å². The number of aromatic nitrogens is 1. The number of nitrogens with zero attached hydrogens (tertiary/aromatic N) is 2. The molecule has 1 aromatic heterocycles. The molecular formula is C23H19F3N3O4S+. The van der Waals surface area contributed by atoms with Gasteiger partial charge in [0.2, 0.25) is 0 Å². The molecule has 0 spiro atoms. The van der Waals surface area contributed by atoms with E-state index in [0.29, 0.717) is 11.1 Å². The van der Waals surface area contributed by atoms with Crippen molar-refractivity contribution in [1.82, 2.24) is 0 Å². The Balaban J connectivity index is 2.14. The quantitative estimate of drug-likeness (QED) is 0.112. The Morgan fingerprint density at radius 1 is 1.18 bits per heavy atom. The van der Waals surface area contributed by atoms with Crippen molar-refractivity contribution in [2.75, 3.05) is 5.32 Å². The average molecular weight is 490 g/mol. The number of aliphatic hydroxyl groups is 2. The Labute approximate surface area is 197 Å². The van der Waals surface area contributed by atoms with Crippen LogP contribution in [0.5, 0.6) is 0 Å². The number of rotatable bonds is 6. The van der Waals surface area contributed by atoms with Crippen LogP contribution in [-0.2, 0) is 12.8 Å². The lowest BCUT2D eigenvalue weighted by Gasteiger charge is -2.13. The third kappa shape index (κ3) is 5.56. The summed E-state index contributed by atoms with van der Waals surface area (Å²) in [7, 11) is 0. The van der Waals surface area contributed by atoms with E-state index in [1.165, 1.54) is 47.3 Å². The Morgan fingerprint density at radius 2 is 1.91 bits per heavy atom. The molecule has 0 radical (unpaired) electrons. The summed E-state index contributed by atoms with van der Waals surface area (Å²) in [6.45, 7) is 1.22. The third-order valence-corrected chi connectivity index (χ3v) is 5.16. The number of nitro groups is 1. The molecular weight excluding hydrogens is 471 g/mol. The van der Waals surface area contributed by atoms with Gasteiger partial charge < -0.3 is 15.5 Å². The molecule has 0 atom stereocenters. The minimum atomic E-state index is -4.56. The lowest BCUT2D eigenvalue weighted by atomic mass is 10.1. The highest BCUT2D eigenvalue weighted by molar-refractivity contribution is 7.81. The van der Waals surface area contributed by atoms with Gasteiger partial charge in [0.05, 0.1) is 17.1 Å². The normalized spacial score (nSPS) is 12.1. The number of pyridine rings is 1. The second-order valence-corrected chi connectivity index (χ2v) is 7.67. The van der Waals surface area contributed by atoms with Crippen LogP contribution in [0, 0.1) is 17.0 Å². The summed E-state index contributed by atoms with van der Waals surface area (Å²) < 4.78 is 40.7. The SMILES string of the molecule is Cc1ccc(/C(O)=C(/C(=S)Nc2cccc(C(F)(F)F)c2)[n+]2cccc(CO)c2)cc1[N+](=O)[O-]. The molecule has 0 amide bonds. The number of nitro benzene ring substituents is 1. The third-order valence-electron chi connectivity index (χ3n) is 4.87. The summed E-state index contributed by atoms with van der Waals surface area (Å²) in [5, 5.41) is 34.6. The number of alkyl halides is 3. The van der Waals surface area contributed by atoms with Crippen LogP contribution in [0.4, 0.5) is 24.5 Å². The molecule has 3 aromatic rings. The van der Waals surface area contributed by atoms with Gasteiger partial charge in [0.15, 0.2) is 23.1 Å². The van der Waals surface area contributed by atoms with Crippen LogP contribution in [0.1, 0.15) is 22.3 Å². The van der Waals surface area contributed by atoms with Crippen molar-refractivity contribution in [2.24, 2.45) is 0 Å². The second-order valence-electron chi connectivity index (χ2n) is 7.27. The number of hydrogen-bond donors (Lipinski definition) is 3. The molecule has 0 fully saturated rings. The fourth-order valence-electron chi connectivity index (χ4n) is 3.16. The molecule has 3 N–H and O–H groups in total. The fraction of sp³-hybridized carbons (Fsp3) is 0.130. The topological polar surface area (TPSA) is 99.5 Å². The fourth-order valence-corrected chi connectivity index (χ4v) is 3.48. The number of nitrogens with one attached hydrogen (secondary N) is 1. The van der Waals surface area contributed by atoms with Crippen LogP contribution in [0.3, 0.4) is 0 Å². The molecule has 34 heavy (non-hydrogen) atoms. The predicted molar refractivity (Wildman–Crippen MR) is 124 cm³/mol. The number of aliphatic hydroxyl groups excluding tert-OH is 2. The van der Waals surface area contributed by atoms with Crippen LogP contribution in [0.25, 0.3) is 11.5 Å². The molecule has 0 bridgehead atoms. The molecule has 3 rings (SSSR count). The smallest absolute Gasteiger partial charge is 0.416 e. The van der Waals surface area contributed by atoms with Crippen molar-refractivity contribution in [1.29, 1.82) is 0 Å². The van der Waals surface area contributed by atoms with E-state index < -0.39 is 22.4 Å². The highest BCUT2D eigenvalue weighted by atomic mass is 32.1. The highest BCUT2D eigenvalue weighted by Crippen LogP contribution is 2.31. The van der Waals surface area contributed by atoms with Gasteiger partial charge in [-0.1, -0.05) is 30.4 Å². The summed E-state index contributed by atoms with van der Waals surface area (Å²) in [6, 6.07) is 11.6. The van der Waals surface area contributed by atoms with E-state index in [4.69, 9.17) is 12.2 Å². The van der Waals surface area contributed by atoms with E-state index in [1.807, 2.05) is 0 Å². The maximum absolute atomic E-state index is 13.1. The molecule has 0 aliphatic carbocycles. The first-order chi connectivity index (χ1) is 16.0. The van der Waals surface area contributed by atoms with E-state index in [-0.39, 0.29) is 34.2 Å². The van der Waals surface area contributed by atoms with Crippen molar-refractivity contribution in [3.63, 3.8) is 0 Å². The monoisotopic (exact) mass is 490 g/mol. The van der Waals surface area contributed by atoms with Crippen molar-refractivity contribution in [2.45, 2.75) is 19.7 Å². The van der Waals surface area contributed by atoms with Crippen molar-refractivity contribution in [3.05, 3.63) is 99.4 Å². The van der Waals surface area contributed by atoms with Gasteiger partial charge in [-0.2, -0.15) is 17.7 Å². The number of aryl methyl sites for hydroxylation is 1. The largest absolute Gasteiger partial charge is 0.502 e. The number of anilines is 1. The van der Waals surface area contributed by atoms with Crippen LogP contribution in [0.15, 0.2) is 67.0 Å². The van der Waals surface area contributed by atoms with Gasteiger partial charge in [0.25, 0.3) is 11.4 Å². The van der Waals surface area contributed by atoms with Crippen LogP contribution in [0.2, 0.25) is 0 Å².